The number of amides is 1. The third-order valence-electron chi connectivity index (χ3n) is 6.72. The highest BCUT2D eigenvalue weighted by Crippen LogP contribution is 2.43. The lowest BCUT2D eigenvalue weighted by Crippen LogP contribution is -2.60. The number of aromatic hydroxyl groups is 1. The maximum atomic E-state index is 14.4. The van der Waals surface area contributed by atoms with Gasteiger partial charge in [-0.2, -0.15) is 13.2 Å². The predicted molar refractivity (Wildman–Crippen MR) is 131 cm³/mol. The summed E-state index contributed by atoms with van der Waals surface area (Å²) in [5.41, 5.74) is 0.737. The molecule has 1 amide bonds. The van der Waals surface area contributed by atoms with Crippen molar-refractivity contribution in [3.63, 3.8) is 0 Å². The van der Waals surface area contributed by atoms with Gasteiger partial charge in [0.15, 0.2) is 11.4 Å². The number of aromatic nitrogens is 1. The Hall–Kier alpha value is -3.18. The molecule has 0 saturated carbocycles. The van der Waals surface area contributed by atoms with Crippen molar-refractivity contribution in [3.05, 3.63) is 92.1 Å². The third kappa shape index (κ3) is 4.44. The van der Waals surface area contributed by atoms with Crippen molar-refractivity contribution >= 4 is 29.3 Å². The van der Waals surface area contributed by atoms with Crippen LogP contribution in [0.4, 0.5) is 17.6 Å². The number of halogens is 5. The summed E-state index contributed by atoms with van der Waals surface area (Å²) in [6.45, 7) is 0.346. The van der Waals surface area contributed by atoms with Crippen LogP contribution in [0.2, 0.25) is 5.02 Å². The first-order valence-corrected chi connectivity index (χ1v) is 12.6. The summed E-state index contributed by atoms with van der Waals surface area (Å²) in [6, 6.07) is 8.53. The maximum absolute atomic E-state index is 14.4. The summed E-state index contributed by atoms with van der Waals surface area (Å²) in [4.78, 5) is 26.5. The van der Waals surface area contributed by atoms with E-state index in [2.05, 4.69) is 0 Å². The molecule has 0 aliphatic carbocycles. The van der Waals surface area contributed by atoms with Crippen LogP contribution >= 0.6 is 23.4 Å². The molecular weight excluding hydrogens is 534 g/mol. The van der Waals surface area contributed by atoms with Gasteiger partial charge >= 0.3 is 6.18 Å². The first kappa shape index (κ1) is 25.5. The molecule has 2 aliphatic heterocycles. The predicted octanol–water partition coefficient (Wildman–Crippen LogP) is 5.09. The molecule has 5 rings (SSSR count). The number of hydrogen-bond donors (Lipinski definition) is 1. The summed E-state index contributed by atoms with van der Waals surface area (Å²) in [7, 11) is 0. The third-order valence-corrected chi connectivity index (χ3v) is 8.19. The normalized spacial score (nSPS) is 18.1. The number of rotatable bonds is 3. The van der Waals surface area contributed by atoms with Crippen molar-refractivity contribution < 1.29 is 27.5 Å². The van der Waals surface area contributed by atoms with Crippen molar-refractivity contribution in [3.8, 4) is 5.75 Å². The fraction of sp³-hybridized carbons (Fsp3) is 0.280. The number of pyridine rings is 1. The van der Waals surface area contributed by atoms with Crippen LogP contribution in [-0.4, -0.2) is 46.0 Å². The number of alkyl halides is 3. The van der Waals surface area contributed by atoms with Crippen molar-refractivity contribution in [1.82, 2.24) is 9.58 Å². The summed E-state index contributed by atoms with van der Waals surface area (Å²) in [6.07, 6.45) is -3.51. The Kier molecular flexibility index (Phi) is 6.39. The van der Waals surface area contributed by atoms with Crippen molar-refractivity contribution in [2.45, 2.75) is 35.7 Å². The molecule has 3 aromatic rings. The van der Waals surface area contributed by atoms with E-state index in [0.29, 0.717) is 21.2 Å². The molecule has 0 radical (unpaired) electrons. The molecule has 1 aromatic heterocycles. The molecule has 0 bridgehead atoms. The van der Waals surface area contributed by atoms with E-state index in [9.17, 15) is 32.3 Å². The Bertz CT molecular complexity index is 1460. The fourth-order valence-corrected chi connectivity index (χ4v) is 6.20. The SMILES string of the molecule is C[C@@H](N1CN(CC2c3cc(F)ccc3SCc3c(Cl)cccc32)n2ccc(=O)c(O)c2C1=O)C(F)(F)F. The summed E-state index contributed by atoms with van der Waals surface area (Å²) in [5, 5.41) is 12.3. The molecule has 1 N–H and O–H groups in total. The molecular formula is C25H20ClF4N3O3S. The van der Waals surface area contributed by atoms with Crippen LogP contribution in [0.1, 0.15) is 40.0 Å². The van der Waals surface area contributed by atoms with Gasteiger partial charge in [0.2, 0.25) is 5.43 Å². The van der Waals surface area contributed by atoms with Crippen LogP contribution < -0.4 is 10.4 Å². The van der Waals surface area contributed by atoms with Crippen LogP contribution in [0.25, 0.3) is 0 Å². The highest BCUT2D eigenvalue weighted by atomic mass is 35.5. The highest BCUT2D eigenvalue weighted by molar-refractivity contribution is 7.98. The second-order valence-electron chi connectivity index (χ2n) is 8.88. The van der Waals surface area contributed by atoms with Gasteiger partial charge in [-0.05, 0) is 47.9 Å². The molecule has 6 nitrogen and oxygen atoms in total. The van der Waals surface area contributed by atoms with E-state index in [1.54, 1.807) is 18.2 Å². The van der Waals surface area contributed by atoms with E-state index in [1.807, 2.05) is 6.07 Å². The van der Waals surface area contributed by atoms with Gasteiger partial charge in [0.05, 0.1) is 0 Å². The highest BCUT2D eigenvalue weighted by Gasteiger charge is 2.46. The molecule has 0 spiro atoms. The van der Waals surface area contributed by atoms with E-state index >= 15 is 0 Å². The van der Waals surface area contributed by atoms with Crippen molar-refractivity contribution in [2.75, 3.05) is 18.2 Å². The first-order valence-electron chi connectivity index (χ1n) is 11.2. The Morgan fingerprint density at radius 2 is 1.92 bits per heavy atom. The number of carbonyl (C=O) groups is 1. The molecule has 0 saturated heterocycles. The quantitative estimate of drug-likeness (QED) is 0.458. The van der Waals surface area contributed by atoms with Crippen molar-refractivity contribution in [1.29, 1.82) is 0 Å². The molecule has 2 atom stereocenters. The lowest BCUT2D eigenvalue weighted by atomic mass is 9.88. The topological polar surface area (TPSA) is 65.8 Å². The Morgan fingerprint density at radius 1 is 1.16 bits per heavy atom. The maximum Gasteiger partial charge on any atom is 0.408 e. The van der Waals surface area contributed by atoms with Gasteiger partial charge in [-0.3, -0.25) is 19.3 Å². The van der Waals surface area contributed by atoms with Crippen molar-refractivity contribution in [2.24, 2.45) is 0 Å². The first-order chi connectivity index (χ1) is 17.5. The molecule has 3 heterocycles. The minimum absolute atomic E-state index is 0.00593. The largest absolute Gasteiger partial charge is 0.502 e. The second-order valence-corrected chi connectivity index (χ2v) is 10.3. The summed E-state index contributed by atoms with van der Waals surface area (Å²) in [5.74, 6) is -2.59. The van der Waals surface area contributed by atoms with Gasteiger partial charge in [0, 0.05) is 40.4 Å². The summed E-state index contributed by atoms with van der Waals surface area (Å²) >= 11 is 7.97. The number of hydrogen-bond acceptors (Lipinski definition) is 5. The minimum atomic E-state index is -4.75. The molecule has 1 unspecified atom stereocenters. The number of fused-ring (bicyclic) bond motifs is 3. The zero-order valence-electron chi connectivity index (χ0n) is 19.3. The Morgan fingerprint density at radius 3 is 2.65 bits per heavy atom. The zero-order chi connectivity index (χ0) is 26.6. The van der Waals surface area contributed by atoms with Gasteiger partial charge < -0.3 is 10.0 Å². The van der Waals surface area contributed by atoms with Gasteiger partial charge in [0.1, 0.15) is 18.5 Å². The van der Waals surface area contributed by atoms with Crippen LogP contribution in [0.5, 0.6) is 5.75 Å². The van der Waals surface area contributed by atoms with Crippen LogP contribution in [-0.2, 0) is 5.75 Å². The molecule has 0 fully saturated rings. The van der Waals surface area contributed by atoms with E-state index in [1.165, 1.54) is 39.8 Å². The summed E-state index contributed by atoms with van der Waals surface area (Å²) < 4.78 is 56.7. The number of nitrogens with zero attached hydrogens (tertiary/aromatic N) is 3. The average molecular weight is 554 g/mol. The molecule has 2 aliphatic rings. The number of benzene rings is 2. The standard InChI is InChI=1S/C25H20ClF4N3O3S/c1-13(25(28,29)30)32-12-31(33-8-7-20(34)23(35)22(33)24(32)36)10-17-15-3-2-4-19(26)18(15)11-37-21-6-5-14(27)9-16(17)21/h2-9,13,17,35H,10-12H2,1H3/t13-,17?/m1/s1. The Labute approximate surface area is 218 Å². The monoisotopic (exact) mass is 553 g/mol. The smallest absolute Gasteiger partial charge is 0.408 e. The lowest BCUT2D eigenvalue weighted by molar-refractivity contribution is -0.173. The minimum Gasteiger partial charge on any atom is -0.502 e. The van der Waals surface area contributed by atoms with Crippen LogP contribution in [0.15, 0.2) is 58.4 Å². The molecule has 37 heavy (non-hydrogen) atoms. The fourth-order valence-electron chi connectivity index (χ4n) is 4.72. The molecule has 2 aromatic carbocycles. The average Bonchev–Trinajstić information content (AvgIpc) is 2.99. The van der Waals surface area contributed by atoms with E-state index in [0.717, 1.165) is 29.0 Å². The van der Waals surface area contributed by atoms with Gasteiger partial charge in [-0.25, -0.2) is 4.39 Å². The molecule has 12 heteroatoms. The molecule has 194 valence electrons. The second kappa shape index (κ2) is 9.29. The van der Waals surface area contributed by atoms with E-state index in [4.69, 9.17) is 11.6 Å². The van der Waals surface area contributed by atoms with Crippen LogP contribution in [0.3, 0.4) is 0 Å². The van der Waals surface area contributed by atoms with Gasteiger partial charge in [-0.15, -0.1) is 11.8 Å². The number of thioether (sulfide) groups is 1. The van der Waals surface area contributed by atoms with E-state index in [-0.39, 0.29) is 6.54 Å². The van der Waals surface area contributed by atoms with Gasteiger partial charge in [0.25, 0.3) is 5.91 Å². The zero-order valence-corrected chi connectivity index (χ0v) is 20.9. The van der Waals surface area contributed by atoms with Crippen LogP contribution in [0, 0.1) is 5.82 Å². The van der Waals surface area contributed by atoms with E-state index < -0.39 is 53.4 Å². The Balaban J connectivity index is 1.67. The number of carbonyl (C=O) groups excluding carboxylic acids is 1. The lowest BCUT2D eigenvalue weighted by Gasteiger charge is -2.43. The van der Waals surface area contributed by atoms with Gasteiger partial charge in [-0.1, -0.05) is 23.7 Å².